The first-order chi connectivity index (χ1) is 11.9. The Hall–Kier alpha value is -2.57. The van der Waals surface area contributed by atoms with Crippen LogP contribution in [0.15, 0.2) is 53.6 Å². The van der Waals surface area contributed by atoms with Gasteiger partial charge < -0.3 is 10.4 Å². The molecule has 0 aromatic heterocycles. The number of carboxylic acids is 1. The van der Waals surface area contributed by atoms with E-state index >= 15 is 0 Å². The molecule has 1 unspecified atom stereocenters. The number of nitrogens with one attached hydrogen (secondary N) is 1. The number of nitrogens with zero attached hydrogens (tertiary/aromatic N) is 2. The zero-order chi connectivity index (χ0) is 18.0. The summed E-state index contributed by atoms with van der Waals surface area (Å²) >= 11 is 11.7. The maximum absolute atomic E-state index is 12.4. The minimum Gasteiger partial charge on any atom is -0.481 e. The van der Waals surface area contributed by atoms with E-state index in [0.29, 0.717) is 27.0 Å². The predicted octanol–water partition coefficient (Wildman–Crippen LogP) is 3.95. The molecule has 2 aromatic carbocycles. The van der Waals surface area contributed by atoms with Gasteiger partial charge in [0.1, 0.15) is 5.92 Å². The van der Waals surface area contributed by atoms with Crippen LogP contribution in [0, 0.1) is 5.92 Å². The Morgan fingerprint density at radius 2 is 1.60 bits per heavy atom. The molecule has 0 saturated heterocycles. The van der Waals surface area contributed by atoms with E-state index in [2.05, 4.69) is 10.4 Å². The molecule has 0 saturated carbocycles. The topological polar surface area (TPSA) is 82.0 Å². The molecule has 2 amide bonds. The molecule has 1 aliphatic rings. The summed E-state index contributed by atoms with van der Waals surface area (Å²) in [6.45, 7) is -0.0489. The smallest absolute Gasteiger partial charge is 0.342 e. The van der Waals surface area contributed by atoms with Crippen molar-refractivity contribution in [2.24, 2.45) is 11.0 Å². The van der Waals surface area contributed by atoms with Crippen LogP contribution in [0.2, 0.25) is 10.0 Å². The largest absolute Gasteiger partial charge is 0.481 e. The van der Waals surface area contributed by atoms with Gasteiger partial charge in [0.2, 0.25) is 0 Å². The van der Waals surface area contributed by atoms with Crippen LogP contribution >= 0.6 is 23.2 Å². The number of hydrazone groups is 1. The molecular weight excluding hydrogens is 365 g/mol. The number of rotatable bonds is 3. The van der Waals surface area contributed by atoms with Gasteiger partial charge in [-0.15, -0.1) is 0 Å². The van der Waals surface area contributed by atoms with E-state index < -0.39 is 17.9 Å². The quantitative estimate of drug-likeness (QED) is 0.849. The summed E-state index contributed by atoms with van der Waals surface area (Å²) in [5, 5.41) is 18.5. The van der Waals surface area contributed by atoms with Crippen molar-refractivity contribution < 1.29 is 14.7 Å². The van der Waals surface area contributed by atoms with Gasteiger partial charge in [-0.3, -0.25) is 4.79 Å². The molecule has 128 valence electrons. The Morgan fingerprint density at radius 1 is 1.04 bits per heavy atom. The van der Waals surface area contributed by atoms with Crippen molar-refractivity contribution in [3.05, 3.63) is 64.1 Å². The van der Waals surface area contributed by atoms with Gasteiger partial charge in [0.05, 0.1) is 12.3 Å². The monoisotopic (exact) mass is 377 g/mol. The molecule has 25 heavy (non-hydrogen) atoms. The van der Waals surface area contributed by atoms with E-state index in [9.17, 15) is 14.7 Å². The van der Waals surface area contributed by atoms with Crippen molar-refractivity contribution in [1.82, 2.24) is 5.01 Å². The van der Waals surface area contributed by atoms with E-state index in [4.69, 9.17) is 23.2 Å². The highest BCUT2D eigenvalue weighted by atomic mass is 35.5. The molecular formula is C17H13Cl2N3O3. The van der Waals surface area contributed by atoms with Crippen LogP contribution in [-0.4, -0.2) is 34.4 Å². The number of carbonyl (C=O) groups is 2. The number of aliphatic carboxylic acids is 1. The average Bonchev–Trinajstić information content (AvgIpc) is 3.03. The summed E-state index contributed by atoms with van der Waals surface area (Å²) in [5.74, 6) is -1.95. The van der Waals surface area contributed by atoms with Crippen molar-refractivity contribution >= 4 is 46.6 Å². The SMILES string of the molecule is O=C(O)C1CN(C(=O)Nc2ccc(Cl)cc2)N=C1c1ccc(Cl)cc1. The Bertz CT molecular complexity index is 835. The van der Waals surface area contributed by atoms with Crippen LogP contribution in [0.5, 0.6) is 0 Å². The lowest BCUT2D eigenvalue weighted by molar-refractivity contribution is -0.139. The van der Waals surface area contributed by atoms with Crippen LogP contribution in [0.25, 0.3) is 0 Å². The van der Waals surface area contributed by atoms with Crippen LogP contribution in [-0.2, 0) is 4.79 Å². The number of amides is 2. The number of carboxylic acid groups (broad SMARTS) is 1. The van der Waals surface area contributed by atoms with Gasteiger partial charge >= 0.3 is 12.0 Å². The van der Waals surface area contributed by atoms with E-state index in [1.807, 2.05) is 0 Å². The van der Waals surface area contributed by atoms with Crippen molar-refractivity contribution in [1.29, 1.82) is 0 Å². The van der Waals surface area contributed by atoms with E-state index in [1.165, 1.54) is 0 Å². The molecule has 3 rings (SSSR count). The first-order valence-corrected chi connectivity index (χ1v) is 8.11. The fraction of sp³-hybridized carbons (Fsp3) is 0.118. The summed E-state index contributed by atoms with van der Waals surface area (Å²) in [6, 6.07) is 12.7. The molecule has 0 fully saturated rings. The van der Waals surface area contributed by atoms with Gasteiger partial charge in [-0.05, 0) is 42.0 Å². The summed E-state index contributed by atoms with van der Waals surface area (Å²) in [6.07, 6.45) is 0. The molecule has 6 nitrogen and oxygen atoms in total. The maximum Gasteiger partial charge on any atom is 0.342 e. The number of anilines is 1. The number of carbonyl (C=O) groups excluding carboxylic acids is 1. The lowest BCUT2D eigenvalue weighted by Gasteiger charge is -2.13. The second kappa shape index (κ2) is 7.13. The highest BCUT2D eigenvalue weighted by Gasteiger charge is 2.36. The van der Waals surface area contributed by atoms with Crippen molar-refractivity contribution in [2.75, 3.05) is 11.9 Å². The highest BCUT2D eigenvalue weighted by molar-refractivity contribution is 6.31. The first-order valence-electron chi connectivity index (χ1n) is 7.35. The third kappa shape index (κ3) is 3.92. The number of halogens is 2. The Balaban J connectivity index is 1.82. The van der Waals surface area contributed by atoms with E-state index in [1.54, 1.807) is 48.5 Å². The predicted molar refractivity (Wildman–Crippen MR) is 96.3 cm³/mol. The van der Waals surface area contributed by atoms with Crippen LogP contribution < -0.4 is 5.32 Å². The van der Waals surface area contributed by atoms with Gasteiger partial charge in [0.15, 0.2) is 0 Å². The van der Waals surface area contributed by atoms with Gasteiger partial charge in [-0.1, -0.05) is 35.3 Å². The molecule has 2 N–H and O–H groups in total. The first kappa shape index (κ1) is 17.3. The number of hydrogen-bond acceptors (Lipinski definition) is 3. The molecule has 0 aliphatic carbocycles. The normalized spacial score (nSPS) is 16.5. The summed E-state index contributed by atoms with van der Waals surface area (Å²) in [7, 11) is 0. The van der Waals surface area contributed by atoms with Gasteiger partial charge in [0.25, 0.3) is 0 Å². The standard InChI is InChI=1S/C17H13Cl2N3O3/c18-11-3-1-10(2-4-11)15-14(16(23)24)9-22(21-15)17(25)20-13-7-5-12(19)6-8-13/h1-8,14H,9H2,(H,20,25)(H,23,24). The Kier molecular flexibility index (Phi) is 4.92. The van der Waals surface area contributed by atoms with Crippen LogP contribution in [0.1, 0.15) is 5.56 Å². The van der Waals surface area contributed by atoms with Crippen LogP contribution in [0.4, 0.5) is 10.5 Å². The summed E-state index contributed by atoms with van der Waals surface area (Å²) in [4.78, 5) is 23.9. The summed E-state index contributed by atoms with van der Waals surface area (Å²) in [5.41, 5.74) is 1.46. The fourth-order valence-corrected chi connectivity index (χ4v) is 2.68. The van der Waals surface area contributed by atoms with Crippen LogP contribution in [0.3, 0.4) is 0 Å². The lowest BCUT2D eigenvalue weighted by Crippen LogP contribution is -2.33. The van der Waals surface area contributed by atoms with E-state index in [-0.39, 0.29) is 6.54 Å². The Labute approximate surface area is 153 Å². The van der Waals surface area contributed by atoms with Crippen molar-refractivity contribution in [2.45, 2.75) is 0 Å². The molecule has 0 spiro atoms. The van der Waals surface area contributed by atoms with Crippen molar-refractivity contribution in [3.8, 4) is 0 Å². The second-order valence-electron chi connectivity index (χ2n) is 5.40. The molecule has 1 heterocycles. The Morgan fingerprint density at radius 3 is 2.16 bits per heavy atom. The minimum absolute atomic E-state index is 0.0489. The molecule has 1 aliphatic heterocycles. The second-order valence-corrected chi connectivity index (χ2v) is 6.27. The van der Waals surface area contributed by atoms with Crippen molar-refractivity contribution in [3.63, 3.8) is 0 Å². The molecule has 8 heteroatoms. The molecule has 2 aromatic rings. The third-order valence-corrected chi connectivity index (χ3v) is 4.19. The fourth-order valence-electron chi connectivity index (χ4n) is 2.42. The highest BCUT2D eigenvalue weighted by Crippen LogP contribution is 2.23. The molecule has 0 radical (unpaired) electrons. The number of hydrogen-bond donors (Lipinski definition) is 2. The maximum atomic E-state index is 12.4. The molecule has 0 bridgehead atoms. The lowest BCUT2D eigenvalue weighted by atomic mass is 9.98. The van der Waals surface area contributed by atoms with Gasteiger partial charge in [0, 0.05) is 15.7 Å². The number of benzene rings is 2. The molecule has 1 atom stereocenters. The van der Waals surface area contributed by atoms with E-state index in [0.717, 1.165) is 5.01 Å². The third-order valence-electron chi connectivity index (χ3n) is 3.68. The summed E-state index contributed by atoms with van der Waals surface area (Å²) < 4.78 is 0. The minimum atomic E-state index is -1.05. The van der Waals surface area contributed by atoms with Gasteiger partial charge in [-0.2, -0.15) is 5.10 Å². The van der Waals surface area contributed by atoms with Gasteiger partial charge in [-0.25, -0.2) is 9.80 Å². The zero-order valence-electron chi connectivity index (χ0n) is 12.8. The average molecular weight is 378 g/mol. The zero-order valence-corrected chi connectivity index (χ0v) is 14.3. The number of urea groups is 1.